The van der Waals surface area contributed by atoms with Crippen molar-refractivity contribution in [2.45, 2.75) is 84.8 Å². The van der Waals surface area contributed by atoms with Crippen LogP contribution in [0.15, 0.2) is 34.9 Å². The van der Waals surface area contributed by atoms with E-state index >= 15 is 0 Å². The van der Waals surface area contributed by atoms with Crippen molar-refractivity contribution in [2.75, 3.05) is 6.61 Å². The molecule has 0 unspecified atom stereocenters. The number of epoxide rings is 1. The van der Waals surface area contributed by atoms with Crippen molar-refractivity contribution in [3.8, 4) is 0 Å². The Morgan fingerprint density at radius 1 is 0.955 bits per heavy atom. The molecular formula is C20H34O2. The van der Waals surface area contributed by atoms with Crippen LogP contribution in [-0.4, -0.2) is 23.4 Å². The number of rotatable bonds is 10. The summed E-state index contributed by atoms with van der Waals surface area (Å²) in [4.78, 5) is 0. The first-order chi connectivity index (χ1) is 10.4. The minimum atomic E-state index is -0.0764. The molecule has 0 amide bonds. The molecule has 0 aromatic rings. The molecule has 2 heteroatoms. The standard InChI is InChI=1S/C20H34O2/c1-16(2)9-6-10-17(3)11-7-12-18(4)13-8-14-20(5)19(15-21)22-20/h9,11,13,19,21H,6-8,10,12,14-15H2,1-5H3/b17-11+,18-13+/t19-,20-/m1/s1. The van der Waals surface area contributed by atoms with Gasteiger partial charge in [-0.25, -0.2) is 0 Å². The smallest absolute Gasteiger partial charge is 0.110 e. The molecular weight excluding hydrogens is 272 g/mol. The third-order valence-corrected chi connectivity index (χ3v) is 4.46. The SMILES string of the molecule is CC(C)=CCC/C(C)=C/CC/C(C)=C/CC[C@@]1(C)O[C@@H]1CO. The summed E-state index contributed by atoms with van der Waals surface area (Å²) in [6, 6.07) is 0. The maximum absolute atomic E-state index is 9.06. The number of hydrogen-bond acceptors (Lipinski definition) is 2. The van der Waals surface area contributed by atoms with Gasteiger partial charge in [-0.15, -0.1) is 0 Å². The first-order valence-corrected chi connectivity index (χ1v) is 8.60. The highest BCUT2D eigenvalue weighted by Gasteiger charge is 2.50. The highest BCUT2D eigenvalue weighted by molar-refractivity contribution is 5.06. The molecule has 0 aliphatic carbocycles. The van der Waals surface area contributed by atoms with Gasteiger partial charge in [0, 0.05) is 0 Å². The number of aliphatic hydroxyl groups excluding tert-OH is 1. The van der Waals surface area contributed by atoms with Crippen LogP contribution in [0.25, 0.3) is 0 Å². The average molecular weight is 306 g/mol. The van der Waals surface area contributed by atoms with E-state index in [4.69, 9.17) is 9.84 Å². The van der Waals surface area contributed by atoms with Crippen LogP contribution in [-0.2, 0) is 4.74 Å². The third kappa shape index (κ3) is 7.42. The molecule has 126 valence electrons. The van der Waals surface area contributed by atoms with Gasteiger partial charge in [-0.1, -0.05) is 34.9 Å². The van der Waals surface area contributed by atoms with Gasteiger partial charge in [0.15, 0.2) is 0 Å². The van der Waals surface area contributed by atoms with E-state index in [0.717, 1.165) is 32.1 Å². The fourth-order valence-corrected chi connectivity index (χ4v) is 2.69. The Hall–Kier alpha value is -0.860. The summed E-state index contributed by atoms with van der Waals surface area (Å²) in [7, 11) is 0. The van der Waals surface area contributed by atoms with Gasteiger partial charge < -0.3 is 9.84 Å². The lowest BCUT2D eigenvalue weighted by Crippen LogP contribution is -2.11. The molecule has 1 N–H and O–H groups in total. The fraction of sp³-hybridized carbons (Fsp3) is 0.700. The van der Waals surface area contributed by atoms with Crippen molar-refractivity contribution in [2.24, 2.45) is 0 Å². The molecule has 1 aliphatic rings. The second kappa shape index (κ2) is 9.32. The summed E-state index contributed by atoms with van der Waals surface area (Å²) >= 11 is 0. The summed E-state index contributed by atoms with van der Waals surface area (Å²) in [5.41, 5.74) is 4.28. The maximum atomic E-state index is 9.06. The Balaban J connectivity index is 2.18. The molecule has 1 aliphatic heterocycles. The van der Waals surface area contributed by atoms with Gasteiger partial charge in [0.25, 0.3) is 0 Å². The minimum Gasteiger partial charge on any atom is -0.394 e. The van der Waals surface area contributed by atoms with E-state index < -0.39 is 0 Å². The van der Waals surface area contributed by atoms with E-state index in [1.807, 2.05) is 0 Å². The largest absolute Gasteiger partial charge is 0.394 e. The highest BCUT2D eigenvalue weighted by Crippen LogP contribution is 2.39. The lowest BCUT2D eigenvalue weighted by atomic mass is 10.00. The van der Waals surface area contributed by atoms with Gasteiger partial charge in [0.05, 0.1) is 12.2 Å². The number of hydrogen-bond donors (Lipinski definition) is 1. The Morgan fingerprint density at radius 3 is 2.00 bits per heavy atom. The molecule has 0 aromatic carbocycles. The molecule has 0 bridgehead atoms. The van der Waals surface area contributed by atoms with Gasteiger partial charge in [-0.3, -0.25) is 0 Å². The van der Waals surface area contributed by atoms with E-state index in [2.05, 4.69) is 52.8 Å². The molecule has 0 radical (unpaired) electrons. The molecule has 0 saturated carbocycles. The monoisotopic (exact) mass is 306 g/mol. The average Bonchev–Trinajstić information content (AvgIpc) is 3.09. The Bertz CT molecular complexity index is 427. The van der Waals surface area contributed by atoms with Crippen molar-refractivity contribution in [1.29, 1.82) is 0 Å². The Kier molecular flexibility index (Phi) is 8.13. The summed E-state index contributed by atoms with van der Waals surface area (Å²) in [6.45, 7) is 11.0. The van der Waals surface area contributed by atoms with Crippen molar-refractivity contribution < 1.29 is 9.84 Å². The predicted molar refractivity (Wildman–Crippen MR) is 95.0 cm³/mol. The van der Waals surface area contributed by atoms with Gasteiger partial charge in [-0.2, -0.15) is 0 Å². The summed E-state index contributed by atoms with van der Waals surface area (Å²) in [6.07, 6.45) is 13.7. The zero-order valence-corrected chi connectivity index (χ0v) is 15.1. The van der Waals surface area contributed by atoms with Crippen LogP contribution in [0, 0.1) is 0 Å². The molecule has 1 fully saturated rings. The third-order valence-electron chi connectivity index (χ3n) is 4.46. The highest BCUT2D eigenvalue weighted by atomic mass is 16.6. The fourth-order valence-electron chi connectivity index (χ4n) is 2.69. The quantitative estimate of drug-likeness (QED) is 0.437. The molecule has 1 heterocycles. The van der Waals surface area contributed by atoms with Gasteiger partial charge in [-0.05, 0) is 73.1 Å². The first kappa shape index (κ1) is 19.2. The van der Waals surface area contributed by atoms with Gasteiger partial charge in [0.2, 0.25) is 0 Å². The zero-order chi connectivity index (χ0) is 16.6. The Labute approximate surface area is 137 Å². The van der Waals surface area contributed by atoms with Crippen molar-refractivity contribution >= 4 is 0 Å². The summed E-state index contributed by atoms with van der Waals surface area (Å²) in [5, 5.41) is 9.06. The van der Waals surface area contributed by atoms with Crippen LogP contribution in [0.1, 0.15) is 73.1 Å². The molecule has 0 spiro atoms. The van der Waals surface area contributed by atoms with Crippen molar-refractivity contribution in [3.05, 3.63) is 34.9 Å². The van der Waals surface area contributed by atoms with E-state index in [1.54, 1.807) is 0 Å². The lowest BCUT2D eigenvalue weighted by molar-refractivity contribution is 0.235. The summed E-state index contributed by atoms with van der Waals surface area (Å²) in [5.74, 6) is 0. The topological polar surface area (TPSA) is 32.8 Å². The second-order valence-electron chi connectivity index (χ2n) is 7.10. The van der Waals surface area contributed by atoms with Crippen LogP contribution in [0.4, 0.5) is 0 Å². The maximum Gasteiger partial charge on any atom is 0.110 e. The lowest BCUT2D eigenvalue weighted by Gasteiger charge is -2.04. The van der Waals surface area contributed by atoms with Crippen LogP contribution in [0.2, 0.25) is 0 Å². The van der Waals surface area contributed by atoms with Crippen LogP contribution < -0.4 is 0 Å². The van der Waals surface area contributed by atoms with Gasteiger partial charge >= 0.3 is 0 Å². The molecule has 2 nitrogen and oxygen atoms in total. The molecule has 22 heavy (non-hydrogen) atoms. The molecule has 1 saturated heterocycles. The molecule has 1 rings (SSSR count). The van der Waals surface area contributed by atoms with Crippen molar-refractivity contribution in [3.63, 3.8) is 0 Å². The number of ether oxygens (including phenoxy) is 1. The van der Waals surface area contributed by atoms with Crippen LogP contribution in [0.3, 0.4) is 0 Å². The first-order valence-electron chi connectivity index (χ1n) is 8.60. The van der Waals surface area contributed by atoms with Gasteiger partial charge in [0.1, 0.15) is 6.10 Å². The van der Waals surface area contributed by atoms with E-state index in [0.29, 0.717) is 0 Å². The van der Waals surface area contributed by atoms with E-state index in [1.165, 1.54) is 23.1 Å². The summed E-state index contributed by atoms with van der Waals surface area (Å²) < 4.78 is 5.51. The minimum absolute atomic E-state index is 0.0626. The second-order valence-corrected chi connectivity index (χ2v) is 7.10. The molecule has 0 aromatic heterocycles. The van der Waals surface area contributed by atoms with E-state index in [9.17, 15) is 0 Å². The Morgan fingerprint density at radius 2 is 1.50 bits per heavy atom. The van der Waals surface area contributed by atoms with Crippen molar-refractivity contribution in [1.82, 2.24) is 0 Å². The number of aliphatic hydroxyl groups is 1. The number of allylic oxidation sites excluding steroid dienone is 6. The molecule has 2 atom stereocenters. The van der Waals surface area contributed by atoms with Crippen LogP contribution in [0.5, 0.6) is 0 Å². The van der Waals surface area contributed by atoms with E-state index in [-0.39, 0.29) is 18.3 Å². The predicted octanol–water partition coefficient (Wildman–Crippen LogP) is 5.34. The van der Waals surface area contributed by atoms with Crippen LogP contribution >= 0.6 is 0 Å². The normalized spacial score (nSPS) is 25.3. The zero-order valence-electron chi connectivity index (χ0n) is 15.1.